The largest absolute Gasteiger partial charge is 0.508 e. The monoisotopic (exact) mass is 396 g/mol. The molecule has 0 amide bonds. The molecule has 4 nitrogen and oxygen atoms in total. The van der Waals surface area contributed by atoms with Gasteiger partial charge in [0.15, 0.2) is 0 Å². The Morgan fingerprint density at radius 2 is 1.00 bits per heavy atom. The highest BCUT2D eigenvalue weighted by atomic mass is 16.3. The number of aryl methyl sites for hydroxylation is 2. The number of phenols is 2. The van der Waals surface area contributed by atoms with Gasteiger partial charge in [-0.1, -0.05) is 67.8 Å². The Balaban J connectivity index is -0.000000288. The quantitative estimate of drug-likeness (QED) is 0.515. The Hall–Kier alpha value is -2.04. The number of aliphatic hydroxyl groups excluding tert-OH is 2. The summed E-state index contributed by atoms with van der Waals surface area (Å²) in [5, 5.41) is 35.1. The predicted octanol–water partition coefficient (Wildman–Crippen LogP) is 5.95. The fourth-order valence-electron chi connectivity index (χ4n) is 2.33. The smallest absolute Gasteiger partial charge is 0.118 e. The molecule has 4 heteroatoms. The minimum absolute atomic E-state index is 0. The summed E-state index contributed by atoms with van der Waals surface area (Å²) < 4.78 is 0. The van der Waals surface area contributed by atoms with Crippen LogP contribution >= 0.6 is 0 Å². The third-order valence-corrected chi connectivity index (χ3v) is 4.15. The first-order chi connectivity index (χ1) is 11.2. The summed E-state index contributed by atoms with van der Waals surface area (Å²) in [6, 6.07) is 11.4. The maximum Gasteiger partial charge on any atom is 0.118 e. The number of hydrogen-bond donors (Lipinski definition) is 4. The molecule has 0 aliphatic carbocycles. The highest BCUT2D eigenvalue weighted by molar-refractivity contribution is 5.46. The highest BCUT2D eigenvalue weighted by Gasteiger charge is 2.24. The summed E-state index contributed by atoms with van der Waals surface area (Å²) in [6.07, 6.45) is 0.500. The lowest BCUT2D eigenvalue weighted by atomic mass is 9.77. The molecular formula is C24H44O4. The van der Waals surface area contributed by atoms with Gasteiger partial charge in [-0.2, -0.15) is 0 Å². The van der Waals surface area contributed by atoms with Crippen LogP contribution in [0.2, 0.25) is 0 Å². The van der Waals surface area contributed by atoms with Crippen molar-refractivity contribution >= 4 is 0 Å². The summed E-state index contributed by atoms with van der Waals surface area (Å²) in [7, 11) is 0. The van der Waals surface area contributed by atoms with Crippen LogP contribution < -0.4 is 0 Å². The molecule has 4 N–H and O–H groups in total. The molecule has 0 unspecified atom stereocenters. The second-order valence-corrected chi connectivity index (χ2v) is 6.43. The van der Waals surface area contributed by atoms with Crippen LogP contribution in [0.3, 0.4) is 0 Å². The molecule has 164 valence electrons. The van der Waals surface area contributed by atoms with Crippen molar-refractivity contribution in [3.8, 4) is 11.5 Å². The molecule has 0 spiro atoms. The van der Waals surface area contributed by atoms with Crippen molar-refractivity contribution in [3.63, 3.8) is 0 Å². The van der Waals surface area contributed by atoms with Crippen LogP contribution in [0.5, 0.6) is 11.5 Å². The lowest BCUT2D eigenvalue weighted by Gasteiger charge is -2.27. The molecule has 0 aliphatic heterocycles. The number of rotatable bonds is 4. The zero-order chi connectivity index (χ0) is 18.3. The Kier molecular flexibility index (Phi) is 17.9. The molecular weight excluding hydrogens is 352 g/mol. The Morgan fingerprint density at radius 3 is 1.21 bits per heavy atom. The molecule has 0 aliphatic rings. The van der Waals surface area contributed by atoms with Crippen molar-refractivity contribution < 1.29 is 20.4 Å². The van der Waals surface area contributed by atoms with Crippen molar-refractivity contribution in [2.75, 3.05) is 13.2 Å². The third kappa shape index (κ3) is 8.77. The molecule has 2 aromatic rings. The second kappa shape index (κ2) is 14.9. The van der Waals surface area contributed by atoms with Gasteiger partial charge < -0.3 is 20.4 Å². The van der Waals surface area contributed by atoms with Gasteiger partial charge in [-0.25, -0.2) is 0 Å². The van der Waals surface area contributed by atoms with Crippen molar-refractivity contribution in [3.05, 3.63) is 58.7 Å². The summed E-state index contributed by atoms with van der Waals surface area (Å²) in [4.78, 5) is 0. The molecule has 28 heavy (non-hydrogen) atoms. The van der Waals surface area contributed by atoms with E-state index in [0.29, 0.717) is 17.9 Å². The van der Waals surface area contributed by atoms with Crippen LogP contribution in [-0.2, 0) is 5.41 Å². The zero-order valence-electron chi connectivity index (χ0n) is 14.9. The van der Waals surface area contributed by atoms with E-state index in [-0.39, 0.29) is 48.3 Å². The lowest BCUT2D eigenvalue weighted by molar-refractivity contribution is 0.221. The van der Waals surface area contributed by atoms with Crippen LogP contribution in [0.25, 0.3) is 0 Å². The third-order valence-electron chi connectivity index (χ3n) is 4.15. The molecule has 0 heterocycles. The normalized spacial score (nSPS) is 9.36. The minimum atomic E-state index is -0.170. The number of aliphatic hydroxyl groups is 2. The van der Waals surface area contributed by atoms with E-state index < -0.39 is 0 Å². The van der Waals surface area contributed by atoms with Crippen molar-refractivity contribution in [2.45, 2.75) is 69.2 Å². The van der Waals surface area contributed by atoms with Crippen LogP contribution in [0.1, 0.15) is 72.2 Å². The van der Waals surface area contributed by atoms with E-state index in [2.05, 4.69) is 13.8 Å². The maximum atomic E-state index is 9.63. The highest BCUT2D eigenvalue weighted by Crippen LogP contribution is 2.35. The average molecular weight is 397 g/mol. The van der Waals surface area contributed by atoms with Gasteiger partial charge >= 0.3 is 0 Å². The number of benzene rings is 2. The molecule has 0 fully saturated rings. The van der Waals surface area contributed by atoms with Gasteiger partial charge in [0.1, 0.15) is 11.5 Å². The van der Waals surface area contributed by atoms with E-state index in [1.807, 2.05) is 38.1 Å². The summed E-state index contributed by atoms with van der Waals surface area (Å²) >= 11 is 0. The van der Waals surface area contributed by atoms with Gasteiger partial charge in [0.2, 0.25) is 0 Å². The van der Waals surface area contributed by atoms with Crippen LogP contribution in [0.15, 0.2) is 36.4 Å². The van der Waals surface area contributed by atoms with Crippen LogP contribution in [0, 0.1) is 13.8 Å². The van der Waals surface area contributed by atoms with E-state index in [9.17, 15) is 10.2 Å². The van der Waals surface area contributed by atoms with E-state index >= 15 is 0 Å². The Bertz CT molecular complexity index is 608. The molecule has 2 rings (SSSR count). The Labute approximate surface area is 173 Å². The first-order valence-electron chi connectivity index (χ1n) is 8.06. The van der Waals surface area contributed by atoms with Crippen molar-refractivity contribution in [1.29, 1.82) is 0 Å². The second-order valence-electron chi connectivity index (χ2n) is 6.43. The van der Waals surface area contributed by atoms with Gasteiger partial charge in [-0.15, -0.1) is 0 Å². The first kappa shape index (κ1) is 33.5. The molecule has 0 radical (unpaired) electrons. The first-order valence-corrected chi connectivity index (χ1v) is 8.06. The fraction of sp³-hybridized carbons (Fsp3) is 0.500. The predicted molar refractivity (Wildman–Crippen MR) is 124 cm³/mol. The average Bonchev–Trinajstić information content (AvgIpc) is 2.54. The van der Waals surface area contributed by atoms with Gasteiger partial charge in [0.25, 0.3) is 0 Å². The SMILES string of the molecule is C.C.C.C.Cc1cc(C(C)(C)c2ccc(O)c(C)c2)ccc1O.OCCCO. The molecule has 0 bridgehead atoms. The van der Waals surface area contributed by atoms with E-state index in [4.69, 9.17) is 10.2 Å². The van der Waals surface area contributed by atoms with Crippen molar-refractivity contribution in [2.24, 2.45) is 0 Å². The number of hydrogen-bond acceptors (Lipinski definition) is 4. The number of aromatic hydroxyl groups is 2. The molecule has 0 aromatic heterocycles. The van der Waals surface area contributed by atoms with E-state index in [1.165, 1.54) is 0 Å². The molecule has 0 atom stereocenters. The number of phenolic OH excluding ortho intramolecular Hbond substituents is 2. The zero-order valence-corrected chi connectivity index (χ0v) is 14.9. The van der Waals surface area contributed by atoms with Crippen LogP contribution in [0.4, 0.5) is 0 Å². The maximum absolute atomic E-state index is 9.63. The summed E-state index contributed by atoms with van der Waals surface area (Å²) in [5.41, 5.74) is 3.87. The minimum Gasteiger partial charge on any atom is -0.508 e. The summed E-state index contributed by atoms with van der Waals surface area (Å²) in [5.74, 6) is 0.642. The molecule has 0 saturated heterocycles. The van der Waals surface area contributed by atoms with E-state index in [1.54, 1.807) is 12.1 Å². The lowest BCUT2D eigenvalue weighted by Crippen LogP contribution is -2.19. The van der Waals surface area contributed by atoms with Gasteiger partial charge in [-0.3, -0.25) is 0 Å². The Morgan fingerprint density at radius 1 is 0.679 bits per heavy atom. The van der Waals surface area contributed by atoms with Gasteiger partial charge in [0, 0.05) is 18.6 Å². The van der Waals surface area contributed by atoms with E-state index in [0.717, 1.165) is 22.3 Å². The van der Waals surface area contributed by atoms with Crippen molar-refractivity contribution in [1.82, 2.24) is 0 Å². The van der Waals surface area contributed by atoms with Gasteiger partial charge in [-0.05, 0) is 54.7 Å². The molecule has 2 aromatic carbocycles. The summed E-state index contributed by atoms with van der Waals surface area (Å²) in [6.45, 7) is 8.27. The molecule has 0 saturated carbocycles. The topological polar surface area (TPSA) is 80.9 Å². The van der Waals surface area contributed by atoms with Gasteiger partial charge in [0.05, 0.1) is 0 Å². The van der Waals surface area contributed by atoms with Crippen LogP contribution in [-0.4, -0.2) is 33.6 Å². The fourth-order valence-corrected chi connectivity index (χ4v) is 2.33. The standard InChI is InChI=1S/C17H20O2.C3H8O2.4CH4/c1-11-9-13(5-7-15(11)18)17(3,4)14-6-8-16(19)12(2)10-14;4-2-1-3-5;;;;/h5-10,18-19H,1-4H3;4-5H,1-3H2;4*1H4.